The Kier molecular flexibility index (Phi) is 6.04. The van der Waals surface area contributed by atoms with Gasteiger partial charge in [-0.05, 0) is 47.9 Å². The van der Waals surface area contributed by atoms with Crippen LogP contribution in [0.4, 0.5) is 0 Å². The van der Waals surface area contributed by atoms with Gasteiger partial charge in [0.2, 0.25) is 0 Å². The first-order valence-electron chi connectivity index (χ1n) is 8.78. The van der Waals surface area contributed by atoms with Crippen LogP contribution < -0.4 is 10.1 Å². The average Bonchev–Trinajstić information content (AvgIpc) is 2.67. The van der Waals surface area contributed by atoms with Crippen LogP contribution in [-0.4, -0.2) is 13.4 Å². The van der Waals surface area contributed by atoms with Crippen molar-refractivity contribution in [1.82, 2.24) is 5.32 Å². The Morgan fingerprint density at radius 2 is 1.68 bits per heavy atom. The van der Waals surface area contributed by atoms with Crippen molar-refractivity contribution in [2.24, 2.45) is 0 Å². The zero-order valence-electron chi connectivity index (χ0n) is 14.9. The largest absolute Gasteiger partial charge is 0.468 e. The minimum Gasteiger partial charge on any atom is -0.468 e. The fourth-order valence-electron chi connectivity index (χ4n) is 2.91. The summed E-state index contributed by atoms with van der Waals surface area (Å²) < 4.78 is 10.7. The quantitative estimate of drug-likeness (QED) is 0.461. The molecular formula is C22H25NO2. The molecule has 3 aromatic rings. The molecule has 0 fully saturated rings. The molecule has 0 aliphatic rings. The number of benzene rings is 3. The molecule has 3 nitrogen and oxygen atoms in total. The van der Waals surface area contributed by atoms with Gasteiger partial charge in [0.25, 0.3) is 0 Å². The molecule has 3 heteroatoms. The number of hydrogen-bond donors (Lipinski definition) is 1. The molecule has 1 N–H and O–H groups in total. The predicted octanol–water partition coefficient (Wildman–Crippen LogP) is 5.06. The van der Waals surface area contributed by atoms with Crippen LogP contribution in [-0.2, 0) is 11.3 Å². The van der Waals surface area contributed by atoms with Crippen LogP contribution in [0.3, 0.4) is 0 Å². The second-order valence-electron chi connectivity index (χ2n) is 6.07. The Morgan fingerprint density at radius 1 is 0.920 bits per heavy atom. The van der Waals surface area contributed by atoms with E-state index in [0.717, 1.165) is 12.3 Å². The van der Waals surface area contributed by atoms with Gasteiger partial charge in [-0.1, -0.05) is 54.6 Å². The Hall–Kier alpha value is -2.36. The summed E-state index contributed by atoms with van der Waals surface area (Å²) in [6, 6.07) is 23.4. The fourth-order valence-corrected chi connectivity index (χ4v) is 2.91. The fraction of sp³-hybridized carbons (Fsp3) is 0.273. The van der Waals surface area contributed by atoms with Gasteiger partial charge in [-0.2, -0.15) is 0 Å². The molecule has 0 aromatic heterocycles. The van der Waals surface area contributed by atoms with Crippen molar-refractivity contribution < 1.29 is 9.47 Å². The molecule has 0 radical (unpaired) electrons. The maximum absolute atomic E-state index is 5.50. The van der Waals surface area contributed by atoms with Crippen LogP contribution >= 0.6 is 0 Å². The normalized spacial score (nSPS) is 12.2. The van der Waals surface area contributed by atoms with Gasteiger partial charge in [0, 0.05) is 19.2 Å². The molecule has 0 aliphatic heterocycles. The smallest absolute Gasteiger partial charge is 0.189 e. The number of rotatable bonds is 8. The van der Waals surface area contributed by atoms with Gasteiger partial charge >= 0.3 is 0 Å². The molecule has 3 rings (SSSR count). The summed E-state index contributed by atoms with van der Waals surface area (Å²) in [4.78, 5) is 0. The Morgan fingerprint density at radius 3 is 2.48 bits per heavy atom. The molecule has 0 amide bonds. The third kappa shape index (κ3) is 4.59. The third-order valence-electron chi connectivity index (χ3n) is 4.34. The van der Waals surface area contributed by atoms with Crippen molar-refractivity contribution in [3.63, 3.8) is 0 Å². The van der Waals surface area contributed by atoms with Crippen LogP contribution in [0.5, 0.6) is 5.75 Å². The van der Waals surface area contributed by atoms with E-state index < -0.39 is 0 Å². The lowest BCUT2D eigenvalue weighted by atomic mass is 9.99. The summed E-state index contributed by atoms with van der Waals surface area (Å²) in [7, 11) is 0. The zero-order valence-corrected chi connectivity index (χ0v) is 14.9. The van der Waals surface area contributed by atoms with Crippen molar-refractivity contribution in [2.75, 3.05) is 13.4 Å². The van der Waals surface area contributed by atoms with Gasteiger partial charge in [-0.3, -0.25) is 0 Å². The van der Waals surface area contributed by atoms with E-state index in [1.54, 1.807) is 0 Å². The minimum absolute atomic E-state index is 0.278. The highest BCUT2D eigenvalue weighted by atomic mass is 16.7. The Bertz CT molecular complexity index is 793. The predicted molar refractivity (Wildman–Crippen MR) is 103 cm³/mol. The van der Waals surface area contributed by atoms with Crippen LogP contribution in [0.25, 0.3) is 10.8 Å². The molecule has 0 aliphatic carbocycles. The minimum atomic E-state index is 0.278. The van der Waals surface area contributed by atoms with E-state index in [1.807, 2.05) is 19.1 Å². The summed E-state index contributed by atoms with van der Waals surface area (Å²) >= 11 is 0. The first-order chi connectivity index (χ1) is 12.3. The highest BCUT2D eigenvalue weighted by Gasteiger charge is 2.08. The molecule has 0 bridgehead atoms. The van der Waals surface area contributed by atoms with Crippen LogP contribution in [0, 0.1) is 0 Å². The summed E-state index contributed by atoms with van der Waals surface area (Å²) in [6.45, 7) is 5.94. The maximum atomic E-state index is 5.50. The molecule has 130 valence electrons. The van der Waals surface area contributed by atoms with E-state index in [9.17, 15) is 0 Å². The molecular weight excluding hydrogens is 310 g/mol. The molecule has 1 atom stereocenters. The zero-order chi connectivity index (χ0) is 17.5. The van der Waals surface area contributed by atoms with Crippen molar-refractivity contribution in [3.05, 3.63) is 77.9 Å². The first-order valence-corrected chi connectivity index (χ1v) is 8.78. The van der Waals surface area contributed by atoms with Crippen molar-refractivity contribution in [1.29, 1.82) is 0 Å². The highest BCUT2D eigenvalue weighted by Crippen LogP contribution is 2.24. The van der Waals surface area contributed by atoms with Crippen molar-refractivity contribution >= 4 is 10.8 Å². The van der Waals surface area contributed by atoms with Crippen molar-refractivity contribution in [2.45, 2.75) is 26.4 Å². The first kappa shape index (κ1) is 17.5. The summed E-state index contributed by atoms with van der Waals surface area (Å²) in [5.41, 5.74) is 2.56. The molecule has 0 saturated heterocycles. The second-order valence-corrected chi connectivity index (χ2v) is 6.07. The Labute approximate surface area is 149 Å². The monoisotopic (exact) mass is 335 g/mol. The van der Waals surface area contributed by atoms with Gasteiger partial charge < -0.3 is 14.8 Å². The highest BCUT2D eigenvalue weighted by molar-refractivity contribution is 5.86. The summed E-state index contributed by atoms with van der Waals surface area (Å²) in [6.07, 6.45) is 0. The van der Waals surface area contributed by atoms with Gasteiger partial charge in [0.15, 0.2) is 6.79 Å². The SMILES string of the molecule is CCOCOc1ccc(CN[C@H](C)c2cccc3ccccc23)cc1. The maximum Gasteiger partial charge on any atom is 0.189 e. The lowest BCUT2D eigenvalue weighted by Crippen LogP contribution is -2.18. The van der Waals surface area contributed by atoms with Gasteiger partial charge in [-0.15, -0.1) is 0 Å². The number of hydrogen-bond acceptors (Lipinski definition) is 3. The van der Waals surface area contributed by atoms with E-state index in [0.29, 0.717) is 13.4 Å². The van der Waals surface area contributed by atoms with Gasteiger partial charge in [0.1, 0.15) is 5.75 Å². The van der Waals surface area contributed by atoms with Crippen molar-refractivity contribution in [3.8, 4) is 5.75 Å². The summed E-state index contributed by atoms with van der Waals surface area (Å²) in [5.74, 6) is 0.833. The van der Waals surface area contributed by atoms with E-state index in [2.05, 4.69) is 66.8 Å². The van der Waals surface area contributed by atoms with Crippen LogP contribution in [0.15, 0.2) is 66.7 Å². The summed E-state index contributed by atoms with van der Waals surface area (Å²) in [5, 5.41) is 6.21. The standard InChI is InChI=1S/C22H25NO2/c1-3-24-16-25-20-13-11-18(12-14-20)15-23-17(2)21-10-6-8-19-7-4-5-9-22(19)21/h4-14,17,23H,3,15-16H2,1-2H3/t17-/m1/s1. The van der Waals surface area contributed by atoms with Crippen LogP contribution in [0.2, 0.25) is 0 Å². The second kappa shape index (κ2) is 8.65. The van der Waals surface area contributed by atoms with Gasteiger partial charge in [-0.25, -0.2) is 0 Å². The molecule has 0 heterocycles. The van der Waals surface area contributed by atoms with E-state index in [-0.39, 0.29) is 6.04 Å². The average molecular weight is 335 g/mol. The third-order valence-corrected chi connectivity index (χ3v) is 4.34. The molecule has 0 unspecified atom stereocenters. The number of nitrogens with one attached hydrogen (secondary N) is 1. The van der Waals surface area contributed by atoms with E-state index >= 15 is 0 Å². The molecule has 0 spiro atoms. The molecule has 25 heavy (non-hydrogen) atoms. The Balaban J connectivity index is 1.61. The van der Waals surface area contributed by atoms with E-state index in [1.165, 1.54) is 21.9 Å². The van der Waals surface area contributed by atoms with E-state index in [4.69, 9.17) is 9.47 Å². The van der Waals surface area contributed by atoms with Crippen LogP contribution in [0.1, 0.15) is 31.0 Å². The number of fused-ring (bicyclic) bond motifs is 1. The molecule has 0 saturated carbocycles. The topological polar surface area (TPSA) is 30.5 Å². The van der Waals surface area contributed by atoms with Gasteiger partial charge in [0.05, 0.1) is 0 Å². The molecule has 3 aromatic carbocycles. The lowest BCUT2D eigenvalue weighted by molar-refractivity contribution is 0.0224. The lowest BCUT2D eigenvalue weighted by Gasteiger charge is -2.17. The number of ether oxygens (including phenoxy) is 2.